The second kappa shape index (κ2) is 13.1. The fraction of sp³-hybridized carbons (Fsp3) is 0.269. The van der Waals surface area contributed by atoms with Crippen LogP contribution in [0.25, 0.3) is 11.3 Å². The highest BCUT2D eigenvalue weighted by atomic mass is 32.2. The van der Waals surface area contributed by atoms with Crippen molar-refractivity contribution in [2.24, 2.45) is 0 Å². The maximum atomic E-state index is 10.9. The molecule has 1 aromatic heterocycles. The van der Waals surface area contributed by atoms with E-state index in [0.29, 0.717) is 18.1 Å². The smallest absolute Gasteiger partial charge is 0.304 e. The number of aromatic nitrogens is 1. The molecule has 0 aliphatic carbocycles. The summed E-state index contributed by atoms with van der Waals surface area (Å²) in [5, 5.41) is 17.9. The number of ether oxygens (including phenoxy) is 1. The third kappa shape index (κ3) is 8.11. The predicted octanol–water partition coefficient (Wildman–Crippen LogP) is 6.05. The highest BCUT2D eigenvalue weighted by molar-refractivity contribution is 8.16. The number of hydrogen-bond acceptors (Lipinski definition) is 6. The van der Waals surface area contributed by atoms with E-state index in [0.717, 1.165) is 33.8 Å². The molecule has 1 heterocycles. The van der Waals surface area contributed by atoms with Crippen LogP contribution in [-0.4, -0.2) is 38.6 Å². The Morgan fingerprint density at radius 3 is 2.24 bits per heavy atom. The Balaban J connectivity index is 1.71. The molecule has 178 valence electrons. The molecule has 0 aliphatic heterocycles. The van der Waals surface area contributed by atoms with Gasteiger partial charge in [-0.2, -0.15) is 0 Å². The minimum atomic E-state index is -0.847. The van der Waals surface area contributed by atoms with E-state index in [4.69, 9.17) is 19.9 Å². The van der Waals surface area contributed by atoms with E-state index in [1.807, 2.05) is 73.7 Å². The average Bonchev–Trinajstić information content (AvgIpc) is 2.83. The maximum Gasteiger partial charge on any atom is 0.304 e. The van der Waals surface area contributed by atoms with Gasteiger partial charge in [-0.1, -0.05) is 48.5 Å². The first-order valence-corrected chi connectivity index (χ1v) is 12.9. The molecule has 6 nitrogen and oxygen atoms in total. The van der Waals surface area contributed by atoms with Crippen molar-refractivity contribution in [3.63, 3.8) is 0 Å². The van der Waals surface area contributed by atoms with Crippen molar-refractivity contribution in [2.75, 3.05) is 11.5 Å². The Morgan fingerprint density at radius 2 is 1.59 bits per heavy atom. The standard InChI is InChI=1S/C26H27NO5S2/c1-18-10-11-20(26(33-14-12-24(28)29)34-15-13-25(30)31)16-23(18)32-17-21-8-5-9-22(27-21)19-6-3-2-4-7-19/h2-11,16,26H,12-15,17H2,1H3,(H,28,29)(H,30,31). The molecule has 0 unspecified atom stereocenters. The van der Waals surface area contributed by atoms with Gasteiger partial charge in [-0.05, 0) is 36.2 Å². The summed E-state index contributed by atoms with van der Waals surface area (Å²) in [6, 6.07) is 21.8. The molecule has 2 N–H and O–H groups in total. The number of carbonyl (C=O) groups is 2. The molecule has 0 amide bonds. The van der Waals surface area contributed by atoms with Gasteiger partial charge in [-0.15, -0.1) is 23.5 Å². The molecule has 0 fully saturated rings. The molecule has 3 rings (SSSR count). The van der Waals surface area contributed by atoms with Gasteiger partial charge in [-0.3, -0.25) is 9.59 Å². The number of pyridine rings is 1. The zero-order valence-electron chi connectivity index (χ0n) is 18.8. The molecule has 0 bridgehead atoms. The van der Waals surface area contributed by atoms with Crippen molar-refractivity contribution < 1.29 is 24.5 Å². The molecule has 0 atom stereocenters. The lowest BCUT2D eigenvalue weighted by molar-refractivity contribution is -0.137. The lowest BCUT2D eigenvalue weighted by atomic mass is 10.1. The minimum Gasteiger partial charge on any atom is -0.487 e. The van der Waals surface area contributed by atoms with Crippen molar-refractivity contribution in [2.45, 2.75) is 31.0 Å². The number of rotatable bonds is 13. The topological polar surface area (TPSA) is 96.7 Å². The Labute approximate surface area is 207 Å². The van der Waals surface area contributed by atoms with Crippen LogP contribution in [0.2, 0.25) is 0 Å². The fourth-order valence-corrected chi connectivity index (χ4v) is 5.80. The van der Waals surface area contributed by atoms with Crippen molar-refractivity contribution in [3.8, 4) is 17.0 Å². The summed E-state index contributed by atoms with van der Waals surface area (Å²) in [7, 11) is 0. The SMILES string of the molecule is Cc1ccc(C(SCCC(=O)O)SCCC(=O)O)cc1OCc1cccc(-c2ccccc2)n1. The number of hydrogen-bond donors (Lipinski definition) is 2. The number of aryl methyl sites for hydroxylation is 1. The summed E-state index contributed by atoms with van der Waals surface area (Å²) >= 11 is 3.01. The van der Waals surface area contributed by atoms with E-state index in [1.54, 1.807) is 0 Å². The van der Waals surface area contributed by atoms with E-state index >= 15 is 0 Å². The van der Waals surface area contributed by atoms with Crippen LogP contribution in [0.15, 0.2) is 66.7 Å². The van der Waals surface area contributed by atoms with E-state index in [1.165, 1.54) is 23.5 Å². The normalized spacial score (nSPS) is 10.9. The first-order chi connectivity index (χ1) is 16.4. The Morgan fingerprint density at radius 1 is 0.912 bits per heavy atom. The van der Waals surface area contributed by atoms with Crippen LogP contribution in [0, 0.1) is 6.92 Å². The summed E-state index contributed by atoms with van der Waals surface area (Å²) in [5.74, 6) is -0.0762. The van der Waals surface area contributed by atoms with Crippen LogP contribution in [0.4, 0.5) is 0 Å². The number of benzene rings is 2. The van der Waals surface area contributed by atoms with Gasteiger partial charge < -0.3 is 14.9 Å². The number of aliphatic carboxylic acids is 2. The molecule has 0 saturated carbocycles. The molecule has 2 aromatic carbocycles. The highest BCUT2D eigenvalue weighted by Gasteiger charge is 2.16. The lowest BCUT2D eigenvalue weighted by Crippen LogP contribution is -2.03. The molecular weight excluding hydrogens is 470 g/mol. The zero-order valence-corrected chi connectivity index (χ0v) is 20.5. The van der Waals surface area contributed by atoms with Crippen LogP contribution in [0.3, 0.4) is 0 Å². The van der Waals surface area contributed by atoms with Crippen LogP contribution in [-0.2, 0) is 16.2 Å². The molecule has 8 heteroatoms. The molecule has 0 aliphatic rings. The predicted molar refractivity (Wildman–Crippen MR) is 137 cm³/mol. The fourth-order valence-electron chi connectivity index (χ4n) is 3.15. The molecule has 0 radical (unpaired) electrons. The summed E-state index contributed by atoms with van der Waals surface area (Å²) < 4.78 is 6.04. The van der Waals surface area contributed by atoms with Gasteiger partial charge >= 0.3 is 11.9 Å². The lowest BCUT2D eigenvalue weighted by Gasteiger charge is -2.18. The van der Waals surface area contributed by atoms with Crippen molar-refractivity contribution in [1.29, 1.82) is 0 Å². The molecule has 34 heavy (non-hydrogen) atoms. The van der Waals surface area contributed by atoms with Crippen LogP contribution in [0.1, 0.15) is 34.2 Å². The van der Waals surface area contributed by atoms with Gasteiger partial charge in [0.05, 0.1) is 28.8 Å². The van der Waals surface area contributed by atoms with E-state index in [9.17, 15) is 9.59 Å². The number of carboxylic acid groups (broad SMARTS) is 2. The van der Waals surface area contributed by atoms with E-state index in [-0.39, 0.29) is 17.4 Å². The second-order valence-electron chi connectivity index (χ2n) is 7.55. The van der Waals surface area contributed by atoms with Gasteiger partial charge in [0.15, 0.2) is 0 Å². The first-order valence-electron chi connectivity index (χ1n) is 10.8. The van der Waals surface area contributed by atoms with E-state index in [2.05, 4.69) is 0 Å². The molecule has 0 spiro atoms. The first kappa shape index (κ1) is 25.6. The average molecular weight is 498 g/mol. The summed E-state index contributed by atoms with van der Waals surface area (Å²) in [5.41, 5.74) is 4.69. The maximum absolute atomic E-state index is 10.9. The Bertz CT molecular complexity index is 1090. The summed E-state index contributed by atoms with van der Waals surface area (Å²) in [4.78, 5) is 26.6. The van der Waals surface area contributed by atoms with Gasteiger partial charge in [0.2, 0.25) is 0 Å². The van der Waals surface area contributed by atoms with Crippen LogP contribution in [0.5, 0.6) is 5.75 Å². The highest BCUT2D eigenvalue weighted by Crippen LogP contribution is 2.41. The Hall–Kier alpha value is -2.97. The van der Waals surface area contributed by atoms with Crippen molar-refractivity contribution in [1.82, 2.24) is 4.98 Å². The van der Waals surface area contributed by atoms with Gasteiger partial charge in [0.1, 0.15) is 12.4 Å². The van der Waals surface area contributed by atoms with Gasteiger partial charge in [0, 0.05) is 17.1 Å². The molecule has 0 saturated heterocycles. The van der Waals surface area contributed by atoms with Crippen molar-refractivity contribution >= 4 is 35.5 Å². The van der Waals surface area contributed by atoms with Gasteiger partial charge in [0.25, 0.3) is 0 Å². The summed E-state index contributed by atoms with van der Waals surface area (Å²) in [6.45, 7) is 2.28. The number of carboxylic acids is 2. The zero-order chi connectivity index (χ0) is 24.3. The molecule has 3 aromatic rings. The monoisotopic (exact) mass is 497 g/mol. The third-order valence-corrected chi connectivity index (χ3v) is 7.75. The number of nitrogens with zero attached hydrogens (tertiary/aromatic N) is 1. The van der Waals surface area contributed by atoms with E-state index < -0.39 is 11.9 Å². The van der Waals surface area contributed by atoms with Crippen LogP contribution >= 0.6 is 23.5 Å². The van der Waals surface area contributed by atoms with Crippen LogP contribution < -0.4 is 4.74 Å². The van der Waals surface area contributed by atoms with Gasteiger partial charge in [-0.25, -0.2) is 4.98 Å². The quantitative estimate of drug-likeness (QED) is 0.276. The summed E-state index contributed by atoms with van der Waals surface area (Å²) in [6.07, 6.45) is 0.110. The van der Waals surface area contributed by atoms with Crippen molar-refractivity contribution in [3.05, 3.63) is 83.6 Å². The second-order valence-corrected chi connectivity index (χ2v) is 10.3. The third-order valence-electron chi connectivity index (χ3n) is 4.91. The minimum absolute atomic E-state index is 0.0549. The molecular formula is C26H27NO5S2. The number of thioether (sulfide) groups is 2. The Kier molecular flexibility index (Phi) is 9.85. The largest absolute Gasteiger partial charge is 0.487 e.